The number of carbonyl (C=O) groups is 1. The Bertz CT molecular complexity index is 526. The molecule has 178 valence electrons. The van der Waals surface area contributed by atoms with Crippen LogP contribution in [0.15, 0.2) is 24.3 Å². The minimum Gasteiger partial charge on any atom is -0.463 e. The van der Waals surface area contributed by atoms with E-state index >= 15 is 0 Å². The fourth-order valence-electron chi connectivity index (χ4n) is 4.11. The quantitative estimate of drug-likeness (QED) is 0.188. The molecule has 2 aliphatic heterocycles. The molecule has 2 heterocycles. The SMILES string of the molecule is CCCCC/C=C\C/C=C\CCCCCCCC(=O)OCC1COC2(CCNCC2)O1. The van der Waals surface area contributed by atoms with Crippen LogP contribution in [0.1, 0.15) is 96.8 Å². The number of nitrogens with one attached hydrogen (secondary N) is 1. The van der Waals surface area contributed by atoms with Crippen LogP contribution in [0.5, 0.6) is 0 Å². The number of allylic oxidation sites excluding steroid dienone is 4. The first-order chi connectivity index (χ1) is 15.2. The Morgan fingerprint density at radius 1 is 0.968 bits per heavy atom. The highest BCUT2D eigenvalue weighted by Gasteiger charge is 2.42. The van der Waals surface area contributed by atoms with Crippen LogP contribution in [0.2, 0.25) is 0 Å². The van der Waals surface area contributed by atoms with Crippen molar-refractivity contribution in [2.45, 2.75) is 109 Å². The first kappa shape index (κ1) is 26.1. The molecule has 0 radical (unpaired) electrons. The van der Waals surface area contributed by atoms with Gasteiger partial charge in [0.05, 0.1) is 6.61 Å². The van der Waals surface area contributed by atoms with Gasteiger partial charge in [0, 0.05) is 32.4 Å². The molecule has 0 aromatic heterocycles. The van der Waals surface area contributed by atoms with Gasteiger partial charge in [-0.05, 0) is 38.5 Å². The number of piperidine rings is 1. The molecular weight excluding hydrogens is 390 g/mol. The van der Waals surface area contributed by atoms with Crippen molar-refractivity contribution in [2.75, 3.05) is 26.3 Å². The van der Waals surface area contributed by atoms with Gasteiger partial charge >= 0.3 is 5.97 Å². The van der Waals surface area contributed by atoms with Gasteiger partial charge < -0.3 is 19.5 Å². The lowest BCUT2D eigenvalue weighted by Crippen LogP contribution is -2.43. The topological polar surface area (TPSA) is 56.8 Å². The van der Waals surface area contributed by atoms with Gasteiger partial charge in [-0.1, -0.05) is 63.3 Å². The fraction of sp³-hybridized carbons (Fsp3) is 0.808. The molecule has 1 atom stereocenters. The lowest BCUT2D eigenvalue weighted by molar-refractivity contribution is -0.189. The number of carbonyl (C=O) groups excluding carboxylic acids is 1. The smallest absolute Gasteiger partial charge is 0.305 e. The lowest BCUT2D eigenvalue weighted by atomic mass is 10.1. The summed E-state index contributed by atoms with van der Waals surface area (Å²) in [6, 6.07) is 0. The molecule has 2 fully saturated rings. The van der Waals surface area contributed by atoms with Crippen molar-refractivity contribution < 1.29 is 19.0 Å². The van der Waals surface area contributed by atoms with Crippen molar-refractivity contribution in [3.8, 4) is 0 Å². The molecule has 2 aliphatic rings. The molecule has 0 aromatic rings. The van der Waals surface area contributed by atoms with Crippen LogP contribution >= 0.6 is 0 Å². The summed E-state index contributed by atoms with van der Waals surface area (Å²) < 4.78 is 17.3. The molecule has 0 aliphatic carbocycles. The van der Waals surface area contributed by atoms with E-state index in [2.05, 4.69) is 36.5 Å². The standard InChI is InChI=1S/C26H45NO4/c1-2-3-4-5-6-7-8-9-10-11-12-13-14-15-16-17-25(28)29-22-24-23-30-26(31-24)18-20-27-21-19-26/h6-7,9-10,24,27H,2-5,8,11-23H2,1H3/b7-6-,10-9-. The van der Waals surface area contributed by atoms with Gasteiger partial charge in [-0.2, -0.15) is 0 Å². The van der Waals surface area contributed by atoms with Crippen molar-refractivity contribution in [1.29, 1.82) is 0 Å². The Morgan fingerprint density at radius 3 is 2.39 bits per heavy atom. The highest BCUT2D eigenvalue weighted by atomic mass is 16.8. The van der Waals surface area contributed by atoms with E-state index in [1.807, 2.05) is 0 Å². The van der Waals surface area contributed by atoms with Gasteiger partial charge in [0.1, 0.15) is 12.7 Å². The van der Waals surface area contributed by atoms with Crippen molar-refractivity contribution >= 4 is 5.97 Å². The number of hydrogen-bond acceptors (Lipinski definition) is 5. The molecule has 1 unspecified atom stereocenters. The Morgan fingerprint density at radius 2 is 1.65 bits per heavy atom. The summed E-state index contributed by atoms with van der Waals surface area (Å²) in [6.45, 7) is 4.91. The molecule has 0 aromatic carbocycles. The van der Waals surface area contributed by atoms with Gasteiger partial charge in [0.25, 0.3) is 0 Å². The summed E-state index contributed by atoms with van der Waals surface area (Å²) in [4.78, 5) is 12.0. The minimum atomic E-state index is -0.442. The van der Waals surface area contributed by atoms with Crippen LogP contribution in [0.3, 0.4) is 0 Å². The van der Waals surface area contributed by atoms with Crippen LogP contribution in [0.4, 0.5) is 0 Å². The maximum Gasteiger partial charge on any atom is 0.305 e. The Labute approximate surface area is 190 Å². The summed E-state index contributed by atoms with van der Waals surface area (Å²) >= 11 is 0. The number of unbranched alkanes of at least 4 members (excludes halogenated alkanes) is 8. The molecule has 0 amide bonds. The van der Waals surface area contributed by atoms with E-state index < -0.39 is 5.79 Å². The Balaban J connectivity index is 1.36. The van der Waals surface area contributed by atoms with Crippen LogP contribution < -0.4 is 5.32 Å². The molecule has 5 heteroatoms. The Hall–Kier alpha value is -1.17. The second kappa shape index (κ2) is 16.5. The predicted molar refractivity (Wildman–Crippen MR) is 126 cm³/mol. The van der Waals surface area contributed by atoms with Crippen LogP contribution in [0, 0.1) is 0 Å². The number of rotatable bonds is 16. The van der Waals surface area contributed by atoms with Gasteiger partial charge in [-0.25, -0.2) is 0 Å². The second-order valence-corrected chi connectivity index (χ2v) is 8.88. The van der Waals surface area contributed by atoms with E-state index in [4.69, 9.17) is 14.2 Å². The van der Waals surface area contributed by atoms with E-state index in [-0.39, 0.29) is 12.1 Å². The molecule has 31 heavy (non-hydrogen) atoms. The molecular formula is C26H45NO4. The molecule has 2 saturated heterocycles. The normalized spacial score (nSPS) is 20.9. The van der Waals surface area contributed by atoms with E-state index in [9.17, 15) is 4.79 Å². The highest BCUT2D eigenvalue weighted by Crippen LogP contribution is 2.32. The second-order valence-electron chi connectivity index (χ2n) is 8.88. The van der Waals surface area contributed by atoms with E-state index in [1.54, 1.807) is 0 Å². The monoisotopic (exact) mass is 435 g/mol. The molecule has 1 spiro atoms. The van der Waals surface area contributed by atoms with Gasteiger partial charge in [-0.3, -0.25) is 4.79 Å². The summed E-state index contributed by atoms with van der Waals surface area (Å²) in [5.74, 6) is -0.553. The van der Waals surface area contributed by atoms with E-state index in [0.29, 0.717) is 19.6 Å². The predicted octanol–water partition coefficient (Wildman–Crippen LogP) is 5.84. The third kappa shape index (κ3) is 11.9. The average Bonchev–Trinajstić information content (AvgIpc) is 3.17. The zero-order valence-electron chi connectivity index (χ0n) is 19.7. The number of ether oxygens (including phenoxy) is 3. The zero-order valence-corrected chi connectivity index (χ0v) is 19.7. The van der Waals surface area contributed by atoms with Crippen LogP contribution in [-0.2, 0) is 19.0 Å². The average molecular weight is 436 g/mol. The molecule has 2 rings (SSSR count). The third-order valence-electron chi connectivity index (χ3n) is 6.04. The summed E-state index contributed by atoms with van der Waals surface area (Å²) in [5.41, 5.74) is 0. The first-order valence-corrected chi connectivity index (χ1v) is 12.7. The van der Waals surface area contributed by atoms with Crippen molar-refractivity contribution in [1.82, 2.24) is 5.32 Å². The van der Waals surface area contributed by atoms with Crippen molar-refractivity contribution in [2.24, 2.45) is 0 Å². The first-order valence-electron chi connectivity index (χ1n) is 12.7. The summed E-state index contributed by atoms with van der Waals surface area (Å²) in [5, 5.41) is 3.31. The van der Waals surface area contributed by atoms with Gasteiger partial charge in [0.15, 0.2) is 5.79 Å². The molecule has 0 saturated carbocycles. The van der Waals surface area contributed by atoms with Gasteiger partial charge in [0.2, 0.25) is 0 Å². The maximum atomic E-state index is 12.0. The minimum absolute atomic E-state index is 0.111. The number of esters is 1. The van der Waals surface area contributed by atoms with Crippen LogP contribution in [-0.4, -0.2) is 44.2 Å². The van der Waals surface area contributed by atoms with E-state index in [1.165, 1.54) is 44.9 Å². The molecule has 1 N–H and O–H groups in total. The van der Waals surface area contributed by atoms with Gasteiger partial charge in [-0.15, -0.1) is 0 Å². The van der Waals surface area contributed by atoms with E-state index in [0.717, 1.165) is 51.6 Å². The third-order valence-corrected chi connectivity index (χ3v) is 6.04. The maximum absolute atomic E-state index is 12.0. The highest BCUT2D eigenvalue weighted by molar-refractivity contribution is 5.69. The largest absolute Gasteiger partial charge is 0.463 e. The molecule has 0 bridgehead atoms. The van der Waals surface area contributed by atoms with Crippen molar-refractivity contribution in [3.05, 3.63) is 24.3 Å². The zero-order chi connectivity index (χ0) is 22.0. The lowest BCUT2D eigenvalue weighted by Gasteiger charge is -2.32. The van der Waals surface area contributed by atoms with Crippen molar-refractivity contribution in [3.63, 3.8) is 0 Å². The summed E-state index contributed by atoms with van der Waals surface area (Å²) in [7, 11) is 0. The molecule has 5 nitrogen and oxygen atoms in total. The fourth-order valence-corrected chi connectivity index (χ4v) is 4.11. The summed E-state index contributed by atoms with van der Waals surface area (Å²) in [6.07, 6.45) is 24.3. The van der Waals surface area contributed by atoms with Crippen LogP contribution in [0.25, 0.3) is 0 Å². The Kier molecular flexibility index (Phi) is 13.9. The number of hydrogen-bond donors (Lipinski definition) is 1.